The molecule has 4 heterocycles. The van der Waals surface area contributed by atoms with Gasteiger partial charge in [0, 0.05) is 23.3 Å². The summed E-state index contributed by atoms with van der Waals surface area (Å²) < 4.78 is 12.8. The van der Waals surface area contributed by atoms with Gasteiger partial charge in [-0.2, -0.15) is 0 Å². The summed E-state index contributed by atoms with van der Waals surface area (Å²) in [6, 6.07) is 72.7. The van der Waals surface area contributed by atoms with Crippen molar-refractivity contribution >= 4 is 45.3 Å². The number of para-hydroxylation sites is 5. The Morgan fingerprint density at radius 2 is 0.854 bits per heavy atom. The molecule has 0 fully saturated rings. The summed E-state index contributed by atoms with van der Waals surface area (Å²) in [6.07, 6.45) is 1.95. The number of benzene rings is 8. The summed E-state index contributed by atoms with van der Waals surface area (Å²) in [4.78, 5) is 10.0. The maximum absolute atomic E-state index is 7.08. The molecule has 0 atom stereocenters. The molecule has 0 amide bonds. The van der Waals surface area contributed by atoms with Gasteiger partial charge in [-0.15, -0.1) is 0 Å². The van der Waals surface area contributed by atoms with Crippen LogP contribution >= 0.6 is 0 Å². The van der Waals surface area contributed by atoms with E-state index in [0.717, 1.165) is 71.6 Å². The Bertz CT molecular complexity index is 4100. The Morgan fingerprint density at radius 3 is 1.37 bits per heavy atom. The van der Waals surface area contributed by atoms with Crippen LogP contribution in [-0.2, 0) is 51.8 Å². The van der Waals surface area contributed by atoms with Gasteiger partial charge in [-0.3, -0.25) is 0 Å². The van der Waals surface area contributed by atoms with E-state index in [2.05, 4.69) is 324 Å². The van der Waals surface area contributed by atoms with Crippen molar-refractivity contribution in [1.82, 2.24) is 14.1 Å². The standard InChI is InChI=1S/C75H75N5O.Pt/c1-70(2,3)49-37-38-76-69(45-49)80-65-32-21-18-29-61(65)75(59-27-16-19-30-63(59)79(64-31-20-17-28-60(64)75)56-43-52(73(10,11)12)40-53(44-56)74(13,14)15)62-36-35-58(47-68(62)80)81-57-26-24-25-54(46-57)77-48-78(67-34-23-22-33-66(67)77)55-41-50(71(4,5)6)39-51(42-55)72(7,8)9;/h16-45H,1-15H3;/q-2;. The number of rotatable bonds is 6. The van der Waals surface area contributed by atoms with Crippen molar-refractivity contribution in [2.45, 2.75) is 136 Å². The van der Waals surface area contributed by atoms with Gasteiger partial charge >= 0.3 is 286 Å². The van der Waals surface area contributed by atoms with Crippen LogP contribution in [0.4, 0.5) is 34.3 Å². The van der Waals surface area contributed by atoms with Gasteiger partial charge in [0.2, 0.25) is 0 Å². The van der Waals surface area contributed by atoms with E-state index in [1.165, 1.54) is 38.9 Å². The maximum atomic E-state index is 7.08. The molecule has 2 aliphatic heterocycles. The molecule has 0 unspecified atom stereocenters. The van der Waals surface area contributed by atoms with Gasteiger partial charge in [-0.1, -0.05) is 123 Å². The molecule has 10 aromatic rings. The van der Waals surface area contributed by atoms with E-state index in [-0.39, 0.29) is 27.1 Å². The number of hydrogen-bond donors (Lipinski definition) is 0. The molecule has 2 aliphatic rings. The van der Waals surface area contributed by atoms with Crippen molar-refractivity contribution in [1.29, 1.82) is 0 Å². The third-order valence-electron chi connectivity index (χ3n) is 16.7. The Hall–Kier alpha value is -7.53. The predicted molar refractivity (Wildman–Crippen MR) is 336 cm³/mol. The van der Waals surface area contributed by atoms with Gasteiger partial charge < -0.3 is 4.90 Å². The second-order valence-electron chi connectivity index (χ2n) is 27.7. The zero-order chi connectivity index (χ0) is 58.1. The van der Waals surface area contributed by atoms with Crippen molar-refractivity contribution in [2.75, 3.05) is 9.80 Å². The molecule has 0 bridgehead atoms. The topological polar surface area (TPSA) is 38.5 Å². The summed E-state index contributed by atoms with van der Waals surface area (Å²) in [5.74, 6) is 1.97. The molecular weight excluding hydrogens is 1180 g/mol. The van der Waals surface area contributed by atoms with Crippen LogP contribution in [0, 0.1) is 15.9 Å². The van der Waals surface area contributed by atoms with Gasteiger partial charge in [-0.05, 0) is 63.3 Å². The quantitative estimate of drug-likeness (QED) is 0.156. The molecule has 2 aromatic heterocycles. The van der Waals surface area contributed by atoms with Crippen LogP contribution in [0.25, 0.3) is 22.4 Å². The van der Waals surface area contributed by atoms with Crippen LogP contribution in [0.2, 0.25) is 0 Å². The fraction of sp³-hybridized carbons (Fsp3) is 0.280. The SMILES string of the molecule is CC(C)(C)c1cc(N2c3ccccc3C3(c4ccc(Oc5[c-]c(-n6[c](=[Pt])n(-c7cc(C(C)(C)C)cc(C(C)(C)C)c7)c7ccccc76)ccc5)[c-]c4N(c4cc(C(C)(C)C)ccn4)c4ccccc43)c3ccccc32)cc(C(C)(C)C)c1. The molecule has 0 radical (unpaired) electrons. The fourth-order valence-corrected chi connectivity index (χ4v) is 13.3. The first kappa shape index (κ1) is 55.0. The number of imidazole rings is 1. The van der Waals surface area contributed by atoms with Gasteiger partial charge in [-0.25, -0.2) is 0 Å². The second kappa shape index (κ2) is 19.6. The van der Waals surface area contributed by atoms with Gasteiger partial charge in [0.1, 0.15) is 0 Å². The van der Waals surface area contributed by atoms with Crippen molar-refractivity contribution in [3.05, 3.63) is 248 Å². The number of hydrogen-bond acceptors (Lipinski definition) is 4. The number of nitrogens with zero attached hydrogens (tertiary/aromatic N) is 5. The van der Waals surface area contributed by atoms with Crippen LogP contribution in [-0.4, -0.2) is 14.1 Å². The summed E-state index contributed by atoms with van der Waals surface area (Å²) in [5.41, 5.74) is 19.4. The van der Waals surface area contributed by atoms with E-state index in [4.69, 9.17) is 9.72 Å². The number of ether oxygens (including phenoxy) is 1. The van der Waals surface area contributed by atoms with E-state index in [1.54, 1.807) is 0 Å². The minimum atomic E-state index is -0.787. The minimum absolute atomic E-state index is 0.0375. The molecular formula is C75H75N5OPt-2. The number of fused-ring (bicyclic) bond motifs is 9. The molecule has 0 aliphatic carbocycles. The van der Waals surface area contributed by atoms with Crippen molar-refractivity contribution in [3.63, 3.8) is 0 Å². The normalized spacial score (nSPS) is 14.2. The second-order valence-corrected chi connectivity index (χ2v) is 28.7. The third-order valence-corrected chi connectivity index (χ3v) is 17.8. The molecule has 0 saturated heterocycles. The van der Waals surface area contributed by atoms with Crippen LogP contribution in [0.1, 0.15) is 154 Å². The molecule has 1 spiro atoms. The van der Waals surface area contributed by atoms with Crippen molar-refractivity contribution in [2.24, 2.45) is 0 Å². The van der Waals surface area contributed by atoms with E-state index >= 15 is 0 Å². The van der Waals surface area contributed by atoms with Crippen molar-refractivity contribution in [3.8, 4) is 22.9 Å². The molecule has 418 valence electrons. The average molecular weight is 1260 g/mol. The van der Waals surface area contributed by atoms with Crippen LogP contribution in [0.15, 0.2) is 182 Å². The monoisotopic (exact) mass is 1260 g/mol. The molecule has 0 saturated carbocycles. The average Bonchev–Trinajstić information content (AvgIpc) is 0.833. The molecule has 7 heteroatoms. The Balaban J connectivity index is 1.05. The van der Waals surface area contributed by atoms with Crippen LogP contribution < -0.4 is 14.5 Å². The zero-order valence-corrected chi connectivity index (χ0v) is 52.6. The van der Waals surface area contributed by atoms with Crippen LogP contribution in [0.5, 0.6) is 11.5 Å². The van der Waals surface area contributed by atoms with Crippen molar-refractivity contribution < 1.29 is 24.1 Å². The number of anilines is 6. The molecule has 8 aromatic carbocycles. The van der Waals surface area contributed by atoms with E-state index in [1.807, 2.05) is 12.3 Å². The first-order valence-corrected chi connectivity index (χ1v) is 30.0. The Kier molecular flexibility index (Phi) is 13.1. The smallest absolute Gasteiger partial charge is 0.0618 e. The molecule has 0 N–H and O–H groups in total. The van der Waals surface area contributed by atoms with Gasteiger partial charge in [0.05, 0.1) is 0 Å². The summed E-state index contributed by atoms with van der Waals surface area (Å²) in [5, 5.41) is 0. The number of pyridine rings is 1. The first-order valence-electron chi connectivity index (χ1n) is 28.9. The Labute approximate surface area is 497 Å². The first-order chi connectivity index (χ1) is 38.7. The molecule has 12 rings (SSSR count). The zero-order valence-electron chi connectivity index (χ0n) is 50.3. The van der Waals surface area contributed by atoms with E-state index in [0.29, 0.717) is 11.5 Å². The van der Waals surface area contributed by atoms with Crippen LogP contribution in [0.3, 0.4) is 0 Å². The predicted octanol–water partition coefficient (Wildman–Crippen LogP) is 19.7. The van der Waals surface area contributed by atoms with E-state index < -0.39 is 5.41 Å². The number of aromatic nitrogens is 3. The summed E-state index contributed by atoms with van der Waals surface area (Å²) in [6.45, 7) is 34.5. The molecule has 82 heavy (non-hydrogen) atoms. The van der Waals surface area contributed by atoms with Gasteiger partial charge in [0.15, 0.2) is 0 Å². The Morgan fingerprint density at radius 1 is 0.402 bits per heavy atom. The third kappa shape index (κ3) is 9.30. The van der Waals surface area contributed by atoms with E-state index in [9.17, 15) is 0 Å². The summed E-state index contributed by atoms with van der Waals surface area (Å²) >= 11 is 2.49. The summed E-state index contributed by atoms with van der Waals surface area (Å²) in [7, 11) is 0. The molecule has 6 nitrogen and oxygen atoms in total. The van der Waals surface area contributed by atoms with Gasteiger partial charge in [0.25, 0.3) is 0 Å². The fourth-order valence-electron chi connectivity index (χ4n) is 12.1. The minimum Gasteiger partial charge on any atom is -0.0618 e.